The summed E-state index contributed by atoms with van der Waals surface area (Å²) in [6, 6.07) is 7.44. The van der Waals surface area contributed by atoms with Crippen LogP contribution in [-0.4, -0.2) is 28.4 Å². The molecule has 0 amide bonds. The standard InChI is InChI=1S/C16H16O5S/c1-17-9-5-13-15(7-11(9)19-3)22-16-8-12(20-4)10(18-2)6-14(16)21-13/h5-8H,1-4H3. The summed E-state index contributed by atoms with van der Waals surface area (Å²) in [7, 11) is 6.42. The van der Waals surface area contributed by atoms with Crippen LogP contribution >= 0.6 is 11.8 Å². The molecule has 0 saturated heterocycles. The van der Waals surface area contributed by atoms with Gasteiger partial charge in [-0.2, -0.15) is 0 Å². The minimum absolute atomic E-state index is 0.630. The zero-order chi connectivity index (χ0) is 15.7. The van der Waals surface area contributed by atoms with Crippen molar-refractivity contribution < 1.29 is 23.7 Å². The Morgan fingerprint density at radius 3 is 1.36 bits per heavy atom. The van der Waals surface area contributed by atoms with Gasteiger partial charge in [-0.25, -0.2) is 0 Å². The average molecular weight is 320 g/mol. The van der Waals surface area contributed by atoms with E-state index in [0.717, 1.165) is 21.3 Å². The van der Waals surface area contributed by atoms with Crippen molar-refractivity contribution in [2.24, 2.45) is 0 Å². The van der Waals surface area contributed by atoms with Crippen molar-refractivity contribution >= 4 is 11.8 Å². The van der Waals surface area contributed by atoms with E-state index in [4.69, 9.17) is 23.7 Å². The van der Waals surface area contributed by atoms with E-state index in [0.29, 0.717) is 23.0 Å². The fourth-order valence-electron chi connectivity index (χ4n) is 2.24. The maximum absolute atomic E-state index is 5.97. The van der Waals surface area contributed by atoms with E-state index in [2.05, 4.69) is 0 Å². The predicted octanol–water partition coefficient (Wildman–Crippen LogP) is 3.98. The van der Waals surface area contributed by atoms with Crippen LogP contribution in [0.1, 0.15) is 0 Å². The van der Waals surface area contributed by atoms with E-state index in [1.54, 1.807) is 40.2 Å². The second-order valence-corrected chi connectivity index (χ2v) is 5.60. The van der Waals surface area contributed by atoms with Gasteiger partial charge in [-0.15, -0.1) is 0 Å². The quantitative estimate of drug-likeness (QED) is 0.724. The van der Waals surface area contributed by atoms with Crippen LogP contribution in [0.3, 0.4) is 0 Å². The highest BCUT2D eigenvalue weighted by molar-refractivity contribution is 7.99. The van der Waals surface area contributed by atoms with Gasteiger partial charge in [0.25, 0.3) is 0 Å². The number of ether oxygens (including phenoxy) is 5. The van der Waals surface area contributed by atoms with Crippen molar-refractivity contribution in [2.45, 2.75) is 9.79 Å². The van der Waals surface area contributed by atoms with E-state index < -0.39 is 0 Å². The Kier molecular flexibility index (Phi) is 3.94. The van der Waals surface area contributed by atoms with E-state index >= 15 is 0 Å². The van der Waals surface area contributed by atoms with E-state index in [-0.39, 0.29) is 0 Å². The molecule has 0 N–H and O–H groups in total. The summed E-state index contributed by atoms with van der Waals surface area (Å²) < 4.78 is 27.3. The van der Waals surface area contributed by atoms with Gasteiger partial charge in [0, 0.05) is 24.3 Å². The van der Waals surface area contributed by atoms with Crippen LogP contribution in [-0.2, 0) is 0 Å². The number of methoxy groups -OCH3 is 4. The van der Waals surface area contributed by atoms with Crippen molar-refractivity contribution in [1.29, 1.82) is 0 Å². The number of fused-ring (bicyclic) bond motifs is 2. The summed E-state index contributed by atoms with van der Waals surface area (Å²) in [6.07, 6.45) is 0. The average Bonchev–Trinajstić information content (AvgIpc) is 2.57. The molecule has 0 aromatic heterocycles. The normalized spacial score (nSPS) is 11.8. The molecule has 1 aliphatic rings. The number of benzene rings is 2. The number of hydrogen-bond donors (Lipinski definition) is 0. The van der Waals surface area contributed by atoms with E-state index in [1.807, 2.05) is 24.3 Å². The van der Waals surface area contributed by atoms with Crippen LogP contribution in [0.15, 0.2) is 34.1 Å². The van der Waals surface area contributed by atoms with Crippen LogP contribution in [0.25, 0.3) is 0 Å². The summed E-state index contributed by atoms with van der Waals surface area (Å²) in [5, 5.41) is 0. The van der Waals surface area contributed by atoms with Gasteiger partial charge in [0.15, 0.2) is 23.0 Å². The fraction of sp³-hybridized carbons (Fsp3) is 0.250. The minimum atomic E-state index is 0.630. The summed E-state index contributed by atoms with van der Waals surface area (Å²) in [6.45, 7) is 0. The van der Waals surface area contributed by atoms with Crippen molar-refractivity contribution in [3.63, 3.8) is 0 Å². The van der Waals surface area contributed by atoms with Crippen molar-refractivity contribution in [3.05, 3.63) is 24.3 Å². The van der Waals surface area contributed by atoms with Gasteiger partial charge in [-0.3, -0.25) is 0 Å². The Morgan fingerprint density at radius 2 is 1.00 bits per heavy atom. The molecule has 2 aromatic carbocycles. The lowest BCUT2D eigenvalue weighted by Gasteiger charge is -2.22. The van der Waals surface area contributed by atoms with Gasteiger partial charge in [0.1, 0.15) is 11.5 Å². The van der Waals surface area contributed by atoms with Crippen LogP contribution in [0.5, 0.6) is 34.5 Å². The summed E-state index contributed by atoms with van der Waals surface area (Å²) in [5.74, 6) is 4.05. The Bertz CT molecular complexity index is 595. The van der Waals surface area contributed by atoms with Gasteiger partial charge in [0.2, 0.25) is 0 Å². The molecule has 0 atom stereocenters. The summed E-state index contributed by atoms with van der Waals surface area (Å²) in [4.78, 5) is 1.91. The lowest BCUT2D eigenvalue weighted by Crippen LogP contribution is -2.00. The number of rotatable bonds is 4. The third kappa shape index (κ3) is 2.39. The second-order valence-electron chi connectivity index (χ2n) is 4.51. The second kappa shape index (κ2) is 5.88. The molecule has 0 saturated carbocycles. The lowest BCUT2D eigenvalue weighted by molar-refractivity contribution is 0.344. The zero-order valence-electron chi connectivity index (χ0n) is 12.8. The van der Waals surface area contributed by atoms with Crippen LogP contribution in [0.2, 0.25) is 0 Å². The molecule has 0 bridgehead atoms. The molecular weight excluding hydrogens is 304 g/mol. The molecular formula is C16H16O5S. The first-order valence-electron chi connectivity index (χ1n) is 6.58. The molecule has 0 radical (unpaired) electrons. The van der Waals surface area contributed by atoms with Gasteiger partial charge < -0.3 is 23.7 Å². The van der Waals surface area contributed by atoms with Crippen LogP contribution in [0.4, 0.5) is 0 Å². The molecule has 5 nitrogen and oxygen atoms in total. The van der Waals surface area contributed by atoms with Gasteiger partial charge in [0.05, 0.1) is 38.2 Å². The van der Waals surface area contributed by atoms with Gasteiger partial charge >= 0.3 is 0 Å². The molecule has 2 aromatic rings. The zero-order valence-corrected chi connectivity index (χ0v) is 13.6. The smallest absolute Gasteiger partial charge is 0.164 e. The third-order valence-electron chi connectivity index (χ3n) is 3.34. The molecule has 3 rings (SSSR count). The lowest BCUT2D eigenvalue weighted by atomic mass is 10.2. The summed E-state index contributed by atoms with van der Waals surface area (Å²) in [5.41, 5.74) is 0. The van der Waals surface area contributed by atoms with Gasteiger partial charge in [-0.1, -0.05) is 11.8 Å². The van der Waals surface area contributed by atoms with Crippen LogP contribution in [0, 0.1) is 0 Å². The Labute approximate surface area is 133 Å². The predicted molar refractivity (Wildman–Crippen MR) is 83.3 cm³/mol. The Hall–Kier alpha value is -2.21. The van der Waals surface area contributed by atoms with E-state index in [9.17, 15) is 0 Å². The monoisotopic (exact) mass is 320 g/mol. The fourth-order valence-corrected chi connectivity index (χ4v) is 3.21. The summed E-state index contributed by atoms with van der Waals surface area (Å²) >= 11 is 1.58. The molecule has 0 aliphatic carbocycles. The molecule has 6 heteroatoms. The SMILES string of the molecule is COc1cc2c(cc1OC)Sc1cc(OC)c(OC)cc1O2. The molecule has 116 valence electrons. The van der Waals surface area contributed by atoms with Crippen molar-refractivity contribution in [3.8, 4) is 34.5 Å². The topological polar surface area (TPSA) is 46.2 Å². The van der Waals surface area contributed by atoms with Crippen molar-refractivity contribution in [2.75, 3.05) is 28.4 Å². The first kappa shape index (κ1) is 14.7. The first-order valence-corrected chi connectivity index (χ1v) is 7.39. The Balaban J connectivity index is 2.05. The number of hydrogen-bond acceptors (Lipinski definition) is 6. The van der Waals surface area contributed by atoms with Crippen molar-refractivity contribution in [1.82, 2.24) is 0 Å². The highest BCUT2D eigenvalue weighted by Gasteiger charge is 2.23. The van der Waals surface area contributed by atoms with Crippen LogP contribution < -0.4 is 23.7 Å². The molecule has 1 heterocycles. The maximum Gasteiger partial charge on any atom is 0.164 e. The molecule has 0 spiro atoms. The Morgan fingerprint density at radius 1 is 0.636 bits per heavy atom. The van der Waals surface area contributed by atoms with E-state index in [1.165, 1.54) is 0 Å². The third-order valence-corrected chi connectivity index (χ3v) is 4.42. The minimum Gasteiger partial charge on any atom is -0.493 e. The largest absolute Gasteiger partial charge is 0.493 e. The molecule has 0 fully saturated rings. The first-order chi connectivity index (χ1) is 10.7. The molecule has 0 unspecified atom stereocenters. The maximum atomic E-state index is 5.97. The molecule has 22 heavy (non-hydrogen) atoms. The highest BCUT2D eigenvalue weighted by Crippen LogP contribution is 2.52. The van der Waals surface area contributed by atoms with Gasteiger partial charge in [-0.05, 0) is 0 Å². The highest BCUT2D eigenvalue weighted by atomic mass is 32.2. The molecule has 1 aliphatic heterocycles.